The van der Waals surface area contributed by atoms with E-state index in [9.17, 15) is 4.79 Å². The topological polar surface area (TPSA) is 63.3 Å². The van der Waals surface area contributed by atoms with Crippen LogP contribution in [0.25, 0.3) is 0 Å². The van der Waals surface area contributed by atoms with Crippen molar-refractivity contribution >= 4 is 17.7 Å². The zero-order valence-electron chi connectivity index (χ0n) is 7.88. The lowest BCUT2D eigenvalue weighted by Gasteiger charge is -2.14. The first-order valence-corrected chi connectivity index (χ1v) is 5.19. The average molecular weight is 211 g/mol. The van der Waals surface area contributed by atoms with Gasteiger partial charge in [0, 0.05) is 10.1 Å². The summed E-state index contributed by atoms with van der Waals surface area (Å²) in [5, 5.41) is 8.56. The maximum atomic E-state index is 10.6. The number of aliphatic carboxylic acids is 1. The zero-order valence-corrected chi connectivity index (χ0v) is 8.70. The molecule has 0 aliphatic rings. The summed E-state index contributed by atoms with van der Waals surface area (Å²) in [7, 11) is 0. The molecule has 3 nitrogen and oxygen atoms in total. The predicted octanol–water partition coefficient (Wildman–Crippen LogP) is 1.58. The van der Waals surface area contributed by atoms with Crippen LogP contribution in [-0.4, -0.2) is 22.4 Å². The van der Waals surface area contributed by atoms with Crippen molar-refractivity contribution in [3.05, 3.63) is 30.3 Å². The fourth-order valence-electron chi connectivity index (χ4n) is 0.988. The molecule has 0 aromatic heterocycles. The smallest absolute Gasteiger partial charge is 0.321 e. The first-order valence-electron chi connectivity index (χ1n) is 4.31. The predicted molar refractivity (Wildman–Crippen MR) is 57.4 cm³/mol. The molecule has 4 heteroatoms. The number of carboxylic acid groups (broad SMARTS) is 1. The van der Waals surface area contributed by atoms with E-state index in [-0.39, 0.29) is 5.25 Å². The summed E-state index contributed by atoms with van der Waals surface area (Å²) in [6.45, 7) is 1.82. The van der Waals surface area contributed by atoms with Crippen LogP contribution in [0.2, 0.25) is 0 Å². The van der Waals surface area contributed by atoms with Crippen molar-refractivity contribution in [1.82, 2.24) is 0 Å². The molecule has 2 atom stereocenters. The summed E-state index contributed by atoms with van der Waals surface area (Å²) in [4.78, 5) is 11.6. The minimum Gasteiger partial charge on any atom is -0.480 e. The minimum absolute atomic E-state index is 0.130. The molecule has 0 saturated carbocycles. The first kappa shape index (κ1) is 11.1. The van der Waals surface area contributed by atoms with Crippen molar-refractivity contribution in [2.75, 3.05) is 0 Å². The standard InChI is InChI=1S/C10H13NO2S/c1-7(9(11)10(12)13)14-8-5-3-2-4-6-8/h2-7,9H,11H2,1H3,(H,12,13)/t7-,9-/m0/s1. The number of hydrogen-bond donors (Lipinski definition) is 2. The van der Waals surface area contributed by atoms with Crippen LogP contribution >= 0.6 is 11.8 Å². The van der Waals surface area contributed by atoms with Crippen molar-refractivity contribution < 1.29 is 9.90 Å². The molecule has 1 aromatic rings. The molecule has 0 unspecified atom stereocenters. The minimum atomic E-state index is -0.957. The monoisotopic (exact) mass is 211 g/mol. The Kier molecular flexibility index (Phi) is 3.98. The number of rotatable bonds is 4. The van der Waals surface area contributed by atoms with Crippen molar-refractivity contribution in [2.24, 2.45) is 5.73 Å². The van der Waals surface area contributed by atoms with Crippen LogP contribution in [0.15, 0.2) is 35.2 Å². The third-order valence-electron chi connectivity index (χ3n) is 1.86. The summed E-state index contributed by atoms with van der Waals surface area (Å²) in [6, 6.07) is 8.82. The number of carbonyl (C=O) groups is 1. The van der Waals surface area contributed by atoms with Gasteiger partial charge in [0.25, 0.3) is 0 Å². The lowest BCUT2D eigenvalue weighted by molar-refractivity contribution is -0.138. The molecular formula is C10H13NO2S. The molecule has 0 radical (unpaired) electrons. The van der Waals surface area contributed by atoms with Gasteiger partial charge in [0.15, 0.2) is 0 Å². The summed E-state index contributed by atoms with van der Waals surface area (Å²) < 4.78 is 0. The Morgan fingerprint density at radius 3 is 2.50 bits per heavy atom. The van der Waals surface area contributed by atoms with Gasteiger partial charge in [-0.15, -0.1) is 11.8 Å². The van der Waals surface area contributed by atoms with Crippen LogP contribution in [0.4, 0.5) is 0 Å². The highest BCUT2D eigenvalue weighted by molar-refractivity contribution is 8.00. The van der Waals surface area contributed by atoms with E-state index < -0.39 is 12.0 Å². The third kappa shape index (κ3) is 3.05. The second kappa shape index (κ2) is 5.02. The summed E-state index contributed by atoms with van der Waals surface area (Å²) in [6.07, 6.45) is 0. The summed E-state index contributed by atoms with van der Waals surface area (Å²) in [5.74, 6) is -0.957. The van der Waals surface area contributed by atoms with Crippen LogP contribution in [-0.2, 0) is 4.79 Å². The molecule has 0 amide bonds. The summed E-state index contributed by atoms with van der Waals surface area (Å²) in [5.41, 5.74) is 5.49. The Balaban J connectivity index is 2.57. The van der Waals surface area contributed by atoms with E-state index in [4.69, 9.17) is 10.8 Å². The van der Waals surface area contributed by atoms with E-state index in [1.54, 1.807) is 0 Å². The highest BCUT2D eigenvalue weighted by atomic mass is 32.2. The van der Waals surface area contributed by atoms with Gasteiger partial charge in [-0.05, 0) is 12.1 Å². The largest absolute Gasteiger partial charge is 0.480 e. The molecule has 3 N–H and O–H groups in total. The number of nitrogens with two attached hydrogens (primary N) is 1. The number of thioether (sulfide) groups is 1. The SMILES string of the molecule is C[C@H](Sc1ccccc1)[C@H](N)C(=O)O. The first-order chi connectivity index (χ1) is 6.61. The van der Waals surface area contributed by atoms with Crippen LogP contribution in [0.1, 0.15) is 6.92 Å². The van der Waals surface area contributed by atoms with Gasteiger partial charge in [0.05, 0.1) is 0 Å². The van der Waals surface area contributed by atoms with Gasteiger partial charge >= 0.3 is 5.97 Å². The molecule has 1 rings (SSSR count). The summed E-state index contributed by atoms with van der Waals surface area (Å²) >= 11 is 1.47. The molecule has 1 aromatic carbocycles. The van der Waals surface area contributed by atoms with Gasteiger partial charge < -0.3 is 10.8 Å². The molecule has 0 fully saturated rings. The van der Waals surface area contributed by atoms with Crippen molar-refractivity contribution in [1.29, 1.82) is 0 Å². The fraction of sp³-hybridized carbons (Fsp3) is 0.300. The van der Waals surface area contributed by atoms with Gasteiger partial charge in [-0.3, -0.25) is 4.79 Å². The lowest BCUT2D eigenvalue weighted by atomic mass is 10.2. The Hall–Kier alpha value is -1.00. The molecule has 0 aliphatic heterocycles. The van der Waals surface area contributed by atoms with Gasteiger partial charge in [-0.25, -0.2) is 0 Å². The zero-order chi connectivity index (χ0) is 10.6. The van der Waals surface area contributed by atoms with E-state index >= 15 is 0 Å². The number of carboxylic acids is 1. The van der Waals surface area contributed by atoms with Gasteiger partial charge in [0.2, 0.25) is 0 Å². The Morgan fingerprint density at radius 1 is 1.43 bits per heavy atom. The van der Waals surface area contributed by atoms with E-state index in [1.165, 1.54) is 11.8 Å². The van der Waals surface area contributed by atoms with Crippen molar-refractivity contribution in [2.45, 2.75) is 23.1 Å². The second-order valence-electron chi connectivity index (χ2n) is 3.00. The Morgan fingerprint density at radius 2 is 2.00 bits per heavy atom. The maximum Gasteiger partial charge on any atom is 0.321 e. The Bertz CT molecular complexity index is 302. The molecule has 76 valence electrons. The van der Waals surface area contributed by atoms with E-state index in [2.05, 4.69) is 0 Å². The molecule has 0 saturated heterocycles. The van der Waals surface area contributed by atoms with Gasteiger partial charge in [0.1, 0.15) is 6.04 Å². The highest BCUT2D eigenvalue weighted by Gasteiger charge is 2.20. The van der Waals surface area contributed by atoms with Crippen LogP contribution < -0.4 is 5.73 Å². The quantitative estimate of drug-likeness (QED) is 0.742. The highest BCUT2D eigenvalue weighted by Crippen LogP contribution is 2.23. The molecule has 0 bridgehead atoms. The van der Waals surface area contributed by atoms with E-state index in [0.717, 1.165) is 4.90 Å². The molecular weight excluding hydrogens is 198 g/mol. The average Bonchev–Trinajstić information content (AvgIpc) is 2.18. The fourth-order valence-corrected chi connectivity index (χ4v) is 1.99. The molecule has 0 aliphatic carbocycles. The van der Waals surface area contributed by atoms with Gasteiger partial charge in [-0.2, -0.15) is 0 Å². The second-order valence-corrected chi connectivity index (χ2v) is 4.45. The maximum absolute atomic E-state index is 10.6. The molecule has 0 heterocycles. The van der Waals surface area contributed by atoms with E-state index in [1.807, 2.05) is 37.3 Å². The molecule has 14 heavy (non-hydrogen) atoms. The van der Waals surface area contributed by atoms with E-state index in [0.29, 0.717) is 0 Å². The Labute approximate surface area is 87.3 Å². The molecule has 0 spiro atoms. The lowest BCUT2D eigenvalue weighted by Crippen LogP contribution is -2.38. The van der Waals surface area contributed by atoms with Crippen molar-refractivity contribution in [3.8, 4) is 0 Å². The third-order valence-corrected chi connectivity index (χ3v) is 3.07. The normalized spacial score (nSPS) is 14.7. The van der Waals surface area contributed by atoms with Gasteiger partial charge in [-0.1, -0.05) is 25.1 Å². The van der Waals surface area contributed by atoms with Crippen LogP contribution in [0.5, 0.6) is 0 Å². The van der Waals surface area contributed by atoms with Crippen LogP contribution in [0, 0.1) is 0 Å². The number of hydrogen-bond acceptors (Lipinski definition) is 3. The van der Waals surface area contributed by atoms with Crippen LogP contribution in [0.3, 0.4) is 0 Å². The number of benzene rings is 1. The van der Waals surface area contributed by atoms with Crippen molar-refractivity contribution in [3.63, 3.8) is 0 Å².